The van der Waals surface area contributed by atoms with Gasteiger partial charge in [0, 0.05) is 0 Å². The number of hydrogen-bond acceptors (Lipinski definition) is 1. The van der Waals surface area contributed by atoms with Crippen LogP contribution in [-0.2, 0) is 0 Å². The number of rotatable bonds is 0. The number of hydrogen-bond donors (Lipinski definition) is 2. The van der Waals surface area contributed by atoms with E-state index in [1.165, 1.54) is 0 Å². The van der Waals surface area contributed by atoms with E-state index in [9.17, 15) is 4.79 Å². The summed E-state index contributed by atoms with van der Waals surface area (Å²) in [4.78, 5) is 9.17. The number of thiol groups is 2. The zero-order valence-electron chi connectivity index (χ0n) is 7.80. The second kappa shape index (κ2) is 16.2. The van der Waals surface area contributed by atoms with Crippen LogP contribution in [0.2, 0.25) is 0 Å². The van der Waals surface area contributed by atoms with Gasteiger partial charge < -0.3 is 4.28 Å². The molecule has 0 fully saturated rings. The minimum atomic E-state index is -0.444. The van der Waals surface area contributed by atoms with Crippen molar-refractivity contribution in [3.8, 4) is 0 Å². The topological polar surface area (TPSA) is 17.1 Å². The van der Waals surface area contributed by atoms with Gasteiger partial charge in [-0.1, -0.05) is 25.3 Å². The van der Waals surface area contributed by atoms with Crippen LogP contribution < -0.4 is 88.7 Å². The van der Waals surface area contributed by atoms with Crippen LogP contribution in [-0.4, -0.2) is 4.45 Å². The predicted octanol–water partition coefficient (Wildman–Crippen LogP) is -7.68. The molecular formula is CH5Na3OS2. The van der Waals surface area contributed by atoms with Crippen molar-refractivity contribution in [1.29, 1.82) is 0 Å². The average molecular weight is 166 g/mol. The molecule has 0 atom stereocenters. The largest absolute Gasteiger partial charge is 1.00 e. The standard InChI is InChI=1S/CH2OS2.3Na.3H/c2-1(3)4;;;;;;/h(H2,2,3,4);;;;;;/q;3*+1;3*-1. The van der Waals surface area contributed by atoms with E-state index in [0.717, 1.165) is 0 Å². The normalized spacial score (nSPS) is 3.71. The van der Waals surface area contributed by atoms with Crippen LogP contribution in [0, 0.1) is 0 Å². The zero-order valence-corrected chi connectivity index (χ0v) is 12.6. The Morgan fingerprint density at radius 3 is 1.14 bits per heavy atom. The summed E-state index contributed by atoms with van der Waals surface area (Å²) in [5, 5.41) is 0. The third-order valence-corrected chi connectivity index (χ3v) is 0. The van der Waals surface area contributed by atoms with E-state index >= 15 is 0 Å². The molecule has 0 bridgehead atoms. The SMILES string of the molecule is O=C(S)S.[H-].[H-].[H-].[Na+].[Na+].[Na+]. The zero-order chi connectivity index (χ0) is 3.58. The quantitative estimate of drug-likeness (QED) is 0.270. The molecule has 30 valence electrons. The smallest absolute Gasteiger partial charge is 1.00 e. The minimum absolute atomic E-state index is 0. The third kappa shape index (κ3) is 44.8. The second-order valence-corrected chi connectivity index (χ2v) is 1.45. The fraction of sp³-hybridized carbons (Fsp3) is 0. The Hall–Kier alpha value is 3.37. The molecule has 0 aromatic rings. The van der Waals surface area contributed by atoms with Crippen molar-refractivity contribution in [2.75, 3.05) is 0 Å². The Morgan fingerprint density at radius 1 is 1.14 bits per heavy atom. The number of carbonyl (C=O) groups excluding carboxylic acids is 1. The molecule has 0 aliphatic carbocycles. The molecule has 0 unspecified atom stereocenters. The van der Waals surface area contributed by atoms with Gasteiger partial charge in [0.1, 0.15) is 0 Å². The Kier molecular flexibility index (Phi) is 51.9. The van der Waals surface area contributed by atoms with E-state index in [0.29, 0.717) is 0 Å². The molecular weight excluding hydrogens is 161 g/mol. The maximum atomic E-state index is 9.17. The van der Waals surface area contributed by atoms with Crippen LogP contribution in [0.1, 0.15) is 4.28 Å². The van der Waals surface area contributed by atoms with Gasteiger partial charge in [-0.2, -0.15) is 0 Å². The van der Waals surface area contributed by atoms with Gasteiger partial charge in [0.15, 0.2) is 0 Å². The van der Waals surface area contributed by atoms with Crippen molar-refractivity contribution < 1.29 is 97.7 Å². The first kappa shape index (κ1) is 22.4. The van der Waals surface area contributed by atoms with Crippen LogP contribution in [0.3, 0.4) is 0 Å². The Bertz CT molecular complexity index is 44.7. The molecule has 6 heteroatoms. The summed E-state index contributed by atoms with van der Waals surface area (Å²) < 4.78 is -0.444. The van der Waals surface area contributed by atoms with E-state index in [4.69, 9.17) is 0 Å². The van der Waals surface area contributed by atoms with E-state index < -0.39 is 4.45 Å². The van der Waals surface area contributed by atoms with Crippen molar-refractivity contribution in [2.24, 2.45) is 0 Å². The van der Waals surface area contributed by atoms with Crippen LogP contribution in [0.4, 0.5) is 4.79 Å². The first-order valence-corrected chi connectivity index (χ1v) is 1.55. The molecule has 0 aliphatic rings. The van der Waals surface area contributed by atoms with E-state index in [2.05, 4.69) is 25.3 Å². The molecule has 0 rings (SSSR count). The fourth-order valence-electron chi connectivity index (χ4n) is 0. The molecule has 7 heavy (non-hydrogen) atoms. The predicted molar refractivity (Wildman–Crippen MR) is 26.7 cm³/mol. The van der Waals surface area contributed by atoms with Gasteiger partial charge in [0.2, 0.25) is 4.45 Å². The number of carbonyl (C=O) groups is 1. The molecule has 0 aromatic carbocycles. The summed E-state index contributed by atoms with van der Waals surface area (Å²) in [6.07, 6.45) is 0. The van der Waals surface area contributed by atoms with E-state index in [-0.39, 0.29) is 93.0 Å². The molecule has 0 spiro atoms. The molecule has 0 heterocycles. The summed E-state index contributed by atoms with van der Waals surface area (Å²) >= 11 is 6.38. The molecule has 0 saturated heterocycles. The Balaban J connectivity index is -0.00000000300. The summed E-state index contributed by atoms with van der Waals surface area (Å²) in [6.45, 7) is 0. The monoisotopic (exact) mass is 166 g/mol. The molecule has 0 saturated carbocycles. The molecule has 0 amide bonds. The second-order valence-electron chi connectivity index (χ2n) is 0.283. The molecule has 0 N–H and O–H groups in total. The Labute approximate surface area is 125 Å². The summed E-state index contributed by atoms with van der Waals surface area (Å²) in [6, 6.07) is 0. The van der Waals surface area contributed by atoms with Gasteiger partial charge in [-0.25, -0.2) is 0 Å². The van der Waals surface area contributed by atoms with E-state index in [1.807, 2.05) is 0 Å². The van der Waals surface area contributed by atoms with Crippen molar-refractivity contribution in [3.05, 3.63) is 0 Å². The van der Waals surface area contributed by atoms with Crippen LogP contribution >= 0.6 is 25.3 Å². The summed E-state index contributed by atoms with van der Waals surface area (Å²) in [5.41, 5.74) is 0. The van der Waals surface area contributed by atoms with Gasteiger partial charge in [-0.15, -0.1) is 0 Å². The van der Waals surface area contributed by atoms with Gasteiger partial charge in [-0.05, 0) is 0 Å². The van der Waals surface area contributed by atoms with Gasteiger partial charge in [0.25, 0.3) is 0 Å². The van der Waals surface area contributed by atoms with Crippen molar-refractivity contribution in [3.63, 3.8) is 0 Å². The summed E-state index contributed by atoms with van der Waals surface area (Å²) in [5.74, 6) is 0. The van der Waals surface area contributed by atoms with Crippen molar-refractivity contribution in [1.82, 2.24) is 0 Å². The fourth-order valence-corrected chi connectivity index (χ4v) is 0. The first-order valence-electron chi connectivity index (χ1n) is 0.651. The summed E-state index contributed by atoms with van der Waals surface area (Å²) in [7, 11) is 0. The molecule has 1 nitrogen and oxygen atoms in total. The van der Waals surface area contributed by atoms with Gasteiger partial charge in [-0.3, -0.25) is 4.79 Å². The Morgan fingerprint density at radius 2 is 1.14 bits per heavy atom. The van der Waals surface area contributed by atoms with Crippen LogP contribution in [0.15, 0.2) is 0 Å². The average Bonchev–Trinajstić information content (AvgIpc) is 0.811. The van der Waals surface area contributed by atoms with Crippen molar-refractivity contribution >= 4 is 29.7 Å². The van der Waals surface area contributed by atoms with Crippen LogP contribution in [0.25, 0.3) is 0 Å². The third-order valence-electron chi connectivity index (χ3n) is 0. The van der Waals surface area contributed by atoms with Gasteiger partial charge in [0.05, 0.1) is 0 Å². The van der Waals surface area contributed by atoms with Gasteiger partial charge >= 0.3 is 88.7 Å². The van der Waals surface area contributed by atoms with E-state index in [1.54, 1.807) is 0 Å². The maximum absolute atomic E-state index is 9.17. The molecule has 0 aromatic heterocycles. The maximum Gasteiger partial charge on any atom is 1.00 e. The van der Waals surface area contributed by atoms with Crippen LogP contribution in [0.5, 0.6) is 0 Å². The minimum Gasteiger partial charge on any atom is -1.00 e. The first-order chi connectivity index (χ1) is 1.73. The van der Waals surface area contributed by atoms with Crippen molar-refractivity contribution in [2.45, 2.75) is 0 Å². The molecule has 0 aliphatic heterocycles. The molecule has 0 radical (unpaired) electrons.